The lowest BCUT2D eigenvalue weighted by atomic mass is 10.1. The fourth-order valence-corrected chi connectivity index (χ4v) is 3.32. The molecule has 7 heteroatoms. The van der Waals surface area contributed by atoms with Crippen molar-refractivity contribution in [1.29, 1.82) is 0 Å². The topological polar surface area (TPSA) is 100 Å². The highest BCUT2D eigenvalue weighted by molar-refractivity contribution is 5.43. The molecule has 1 atom stereocenters. The number of aromatic amines is 1. The van der Waals surface area contributed by atoms with Crippen molar-refractivity contribution in [2.24, 2.45) is 0 Å². The number of aryl methyl sites for hydroxylation is 2. The molecule has 1 unspecified atom stereocenters. The summed E-state index contributed by atoms with van der Waals surface area (Å²) in [5.74, 6) is 5.98. The highest BCUT2D eigenvalue weighted by Crippen LogP contribution is 2.12. The number of ether oxygens (including phenoxy) is 1. The zero-order valence-electron chi connectivity index (χ0n) is 17.1. The molecule has 1 aliphatic rings. The number of benzene rings is 1. The van der Waals surface area contributed by atoms with Crippen molar-refractivity contribution >= 4 is 0 Å². The van der Waals surface area contributed by atoms with Gasteiger partial charge in [-0.2, -0.15) is 0 Å². The van der Waals surface area contributed by atoms with Gasteiger partial charge in [-0.05, 0) is 49.1 Å². The third-order valence-corrected chi connectivity index (χ3v) is 5.19. The first-order valence-electron chi connectivity index (χ1n) is 10.3. The summed E-state index contributed by atoms with van der Waals surface area (Å²) in [7, 11) is 0. The van der Waals surface area contributed by atoms with Crippen LogP contribution in [0.15, 0.2) is 53.7 Å². The molecular formula is C24H24N4O3. The summed E-state index contributed by atoms with van der Waals surface area (Å²) in [6.45, 7) is 2.33. The summed E-state index contributed by atoms with van der Waals surface area (Å²) < 4.78 is 5.36. The quantitative estimate of drug-likeness (QED) is 0.531. The lowest BCUT2D eigenvalue weighted by Gasteiger charge is -2.09. The van der Waals surface area contributed by atoms with Gasteiger partial charge in [0.1, 0.15) is 0 Å². The molecule has 0 bridgehead atoms. The summed E-state index contributed by atoms with van der Waals surface area (Å²) in [5, 5.41) is 13.2. The number of H-pyrrole nitrogens is 1. The summed E-state index contributed by atoms with van der Waals surface area (Å²) >= 11 is 0. The van der Waals surface area contributed by atoms with Crippen LogP contribution in [0.2, 0.25) is 0 Å². The van der Waals surface area contributed by atoms with E-state index in [1.807, 2.05) is 36.4 Å². The van der Waals surface area contributed by atoms with E-state index in [1.54, 1.807) is 6.20 Å². The van der Waals surface area contributed by atoms with Gasteiger partial charge in [0, 0.05) is 36.5 Å². The number of nitrogens with zero attached hydrogens (tertiary/aromatic N) is 2. The molecule has 158 valence electrons. The Hall–Kier alpha value is -3.47. The van der Waals surface area contributed by atoms with Gasteiger partial charge in [0.25, 0.3) is 5.56 Å². The van der Waals surface area contributed by atoms with Crippen LogP contribution < -0.4 is 10.9 Å². The number of aromatic hydroxyl groups is 1. The van der Waals surface area contributed by atoms with E-state index >= 15 is 0 Å². The fourth-order valence-electron chi connectivity index (χ4n) is 3.32. The predicted octanol–water partition coefficient (Wildman–Crippen LogP) is 1.93. The fraction of sp³-hybridized carbons (Fsp3) is 0.292. The zero-order valence-corrected chi connectivity index (χ0v) is 17.1. The minimum absolute atomic E-state index is 0.312. The average molecular weight is 416 g/mol. The summed E-state index contributed by atoms with van der Waals surface area (Å²) in [6.07, 6.45) is 5.31. The number of rotatable bonds is 6. The molecule has 1 fully saturated rings. The molecule has 0 amide bonds. The van der Waals surface area contributed by atoms with Crippen molar-refractivity contribution < 1.29 is 9.84 Å². The largest absolute Gasteiger partial charge is 0.502 e. The van der Waals surface area contributed by atoms with Crippen molar-refractivity contribution in [3.63, 3.8) is 0 Å². The minimum atomic E-state index is -0.516. The summed E-state index contributed by atoms with van der Waals surface area (Å²) in [6, 6.07) is 12.3. The lowest BCUT2D eigenvalue weighted by Crippen LogP contribution is -2.28. The second kappa shape index (κ2) is 10.0. The van der Waals surface area contributed by atoms with Crippen LogP contribution in [0.3, 0.4) is 0 Å². The number of hydrogen-bond acceptors (Lipinski definition) is 6. The van der Waals surface area contributed by atoms with Crippen molar-refractivity contribution in [2.75, 3.05) is 13.2 Å². The first-order valence-corrected chi connectivity index (χ1v) is 10.3. The maximum absolute atomic E-state index is 11.4. The van der Waals surface area contributed by atoms with Gasteiger partial charge in [0.2, 0.25) is 5.75 Å². The monoisotopic (exact) mass is 416 g/mol. The first-order chi connectivity index (χ1) is 15.2. The van der Waals surface area contributed by atoms with Gasteiger partial charge in [-0.25, -0.2) is 4.98 Å². The Kier molecular flexibility index (Phi) is 6.72. The number of hydrogen-bond donors (Lipinski definition) is 3. The van der Waals surface area contributed by atoms with E-state index in [4.69, 9.17) is 4.74 Å². The van der Waals surface area contributed by atoms with Crippen LogP contribution in [0.25, 0.3) is 0 Å². The van der Waals surface area contributed by atoms with E-state index in [-0.39, 0.29) is 5.75 Å². The Balaban J connectivity index is 1.30. The van der Waals surface area contributed by atoms with Crippen LogP contribution in [-0.4, -0.2) is 39.3 Å². The summed E-state index contributed by atoms with van der Waals surface area (Å²) in [4.78, 5) is 22.3. The molecule has 31 heavy (non-hydrogen) atoms. The van der Waals surface area contributed by atoms with Gasteiger partial charge >= 0.3 is 0 Å². The summed E-state index contributed by atoms with van der Waals surface area (Å²) in [5.41, 5.74) is 3.73. The second-order valence-corrected chi connectivity index (χ2v) is 7.45. The molecular weight excluding hydrogens is 392 g/mol. The normalized spacial score (nSPS) is 15.4. The van der Waals surface area contributed by atoms with Crippen molar-refractivity contribution in [1.82, 2.24) is 20.3 Å². The Morgan fingerprint density at radius 2 is 1.90 bits per heavy atom. The molecule has 3 heterocycles. The number of nitrogens with one attached hydrogen (secondary N) is 2. The van der Waals surface area contributed by atoms with E-state index in [2.05, 4.69) is 32.1 Å². The maximum Gasteiger partial charge on any atom is 0.293 e. The van der Waals surface area contributed by atoms with Gasteiger partial charge in [-0.15, -0.1) is 0 Å². The van der Waals surface area contributed by atoms with Gasteiger partial charge in [-0.1, -0.05) is 24.0 Å². The second-order valence-electron chi connectivity index (χ2n) is 7.45. The number of pyridine rings is 1. The Morgan fingerprint density at radius 1 is 1.10 bits per heavy atom. The molecule has 1 aromatic carbocycles. The lowest BCUT2D eigenvalue weighted by molar-refractivity contribution is 0.189. The Bertz CT molecular complexity index is 1120. The standard InChI is InChI=1S/C24H24N4O3/c29-23-22(27-16-28-24(23)30)10-8-18-3-1-17(2-4-18)5-6-19-7-9-20(25-13-19)14-26-21-11-12-31-15-21/h1-4,7,9,13,16,21,26,29H,8,10-12,14-15H2,(H,27,28,30). The molecule has 0 spiro atoms. The van der Waals surface area contributed by atoms with Gasteiger partial charge in [0.05, 0.1) is 24.3 Å². The van der Waals surface area contributed by atoms with Gasteiger partial charge in [-0.3, -0.25) is 9.78 Å². The molecule has 1 saturated heterocycles. The smallest absolute Gasteiger partial charge is 0.293 e. The minimum Gasteiger partial charge on any atom is -0.502 e. The SMILES string of the molecule is O=c1[nH]cnc(CCc2ccc(C#Cc3ccc(CNC4CCOC4)nc3)cc2)c1O. The number of aromatic nitrogens is 3. The molecule has 3 aromatic rings. The third-order valence-electron chi connectivity index (χ3n) is 5.19. The zero-order chi connectivity index (χ0) is 21.5. The van der Waals surface area contributed by atoms with Crippen LogP contribution >= 0.6 is 0 Å². The van der Waals surface area contributed by atoms with Crippen LogP contribution in [0.4, 0.5) is 0 Å². The van der Waals surface area contributed by atoms with Crippen LogP contribution in [0, 0.1) is 11.8 Å². The van der Waals surface area contributed by atoms with Crippen LogP contribution in [0.5, 0.6) is 5.75 Å². The predicted molar refractivity (Wildman–Crippen MR) is 117 cm³/mol. The van der Waals surface area contributed by atoms with Crippen LogP contribution in [-0.2, 0) is 24.1 Å². The molecule has 0 radical (unpaired) electrons. The third kappa shape index (κ3) is 5.79. The highest BCUT2D eigenvalue weighted by atomic mass is 16.5. The van der Waals surface area contributed by atoms with Crippen molar-refractivity contribution in [2.45, 2.75) is 31.8 Å². The first kappa shape index (κ1) is 20.8. The molecule has 0 saturated carbocycles. The maximum atomic E-state index is 11.4. The molecule has 1 aliphatic heterocycles. The average Bonchev–Trinajstić information content (AvgIpc) is 3.32. The van der Waals surface area contributed by atoms with Gasteiger partial charge < -0.3 is 20.1 Å². The molecule has 3 N–H and O–H groups in total. The Labute approximate surface area is 180 Å². The molecule has 4 rings (SSSR count). The molecule has 2 aromatic heterocycles. The van der Waals surface area contributed by atoms with Crippen molar-refractivity contribution in [3.8, 4) is 17.6 Å². The van der Waals surface area contributed by atoms with Crippen molar-refractivity contribution in [3.05, 3.63) is 87.4 Å². The Morgan fingerprint density at radius 3 is 2.65 bits per heavy atom. The molecule has 7 nitrogen and oxygen atoms in total. The van der Waals surface area contributed by atoms with E-state index < -0.39 is 5.56 Å². The van der Waals surface area contributed by atoms with E-state index in [0.29, 0.717) is 24.6 Å². The van der Waals surface area contributed by atoms with E-state index in [9.17, 15) is 9.90 Å². The highest BCUT2D eigenvalue weighted by Gasteiger charge is 2.14. The molecule has 0 aliphatic carbocycles. The van der Waals surface area contributed by atoms with E-state index in [1.165, 1.54) is 6.33 Å². The van der Waals surface area contributed by atoms with E-state index in [0.717, 1.165) is 48.6 Å². The van der Waals surface area contributed by atoms with Gasteiger partial charge in [0.15, 0.2) is 0 Å². The van der Waals surface area contributed by atoms with Crippen LogP contribution in [0.1, 0.15) is 34.5 Å².